The van der Waals surface area contributed by atoms with Gasteiger partial charge in [-0.1, -0.05) is 19.3 Å². The number of carbonyl (C=O) groups is 1. The van der Waals surface area contributed by atoms with Crippen molar-refractivity contribution in [2.45, 2.75) is 45.1 Å². The number of amides is 1. The Balaban J connectivity index is 1.66. The van der Waals surface area contributed by atoms with Crippen molar-refractivity contribution in [2.75, 3.05) is 13.1 Å². The van der Waals surface area contributed by atoms with E-state index in [1.165, 1.54) is 19.3 Å². The van der Waals surface area contributed by atoms with Gasteiger partial charge in [-0.25, -0.2) is 4.99 Å². The van der Waals surface area contributed by atoms with Gasteiger partial charge in [-0.3, -0.25) is 9.79 Å². The predicted octanol–water partition coefficient (Wildman–Crippen LogP) is 2.39. The van der Waals surface area contributed by atoms with Crippen LogP contribution in [0.1, 0.15) is 53.8 Å². The lowest BCUT2D eigenvalue weighted by molar-refractivity contribution is 0.0926. The first-order chi connectivity index (χ1) is 10.7. The highest BCUT2D eigenvalue weighted by atomic mass is 16.4. The van der Waals surface area contributed by atoms with Crippen LogP contribution in [0.25, 0.3) is 0 Å². The number of hydrogen-bond donors (Lipinski definition) is 1. The number of hydrogen-bond acceptors (Lipinski definition) is 5. The van der Waals surface area contributed by atoms with Gasteiger partial charge in [0.05, 0.1) is 17.7 Å². The third-order valence-electron chi connectivity index (χ3n) is 4.65. The number of carbonyl (C=O) groups excluding carboxylic acids is 1. The maximum absolute atomic E-state index is 12.8. The minimum Gasteiger partial charge on any atom is -0.442 e. The molecule has 1 aromatic rings. The summed E-state index contributed by atoms with van der Waals surface area (Å²) in [6.45, 7) is 3.37. The molecule has 1 saturated carbocycles. The molecule has 1 aromatic heterocycles. The molecule has 1 amide bonds. The van der Waals surface area contributed by atoms with Crippen molar-refractivity contribution in [1.82, 2.24) is 10.2 Å². The van der Waals surface area contributed by atoms with Crippen LogP contribution in [0.5, 0.6) is 0 Å². The monoisotopic (exact) mass is 300 g/mol. The molecular formula is C16H20N4O2. The smallest absolute Gasteiger partial charge is 0.255 e. The quantitative estimate of drug-likeness (QED) is 0.911. The summed E-state index contributed by atoms with van der Waals surface area (Å²) in [5.41, 5.74) is 1.36. The van der Waals surface area contributed by atoms with E-state index in [0.29, 0.717) is 17.2 Å². The fraction of sp³-hybridized carbons (Fsp3) is 0.562. The minimum atomic E-state index is -0.0546. The Morgan fingerprint density at radius 3 is 3.00 bits per heavy atom. The van der Waals surface area contributed by atoms with Crippen LogP contribution in [0, 0.1) is 6.92 Å². The van der Waals surface area contributed by atoms with Crippen LogP contribution in [-0.2, 0) is 0 Å². The van der Waals surface area contributed by atoms with Crippen LogP contribution in [0.4, 0.5) is 5.88 Å². The summed E-state index contributed by atoms with van der Waals surface area (Å²) in [6, 6.07) is 0.278. The Morgan fingerprint density at radius 1 is 1.36 bits per heavy atom. The Kier molecular flexibility index (Phi) is 3.24. The predicted molar refractivity (Wildman–Crippen MR) is 84.0 cm³/mol. The lowest BCUT2D eigenvalue weighted by atomic mass is 9.95. The molecule has 116 valence electrons. The average molecular weight is 300 g/mol. The van der Waals surface area contributed by atoms with Crippen LogP contribution in [0.2, 0.25) is 0 Å². The van der Waals surface area contributed by atoms with E-state index >= 15 is 0 Å². The van der Waals surface area contributed by atoms with Crippen molar-refractivity contribution < 1.29 is 9.21 Å². The molecule has 1 aliphatic carbocycles. The number of nitrogens with zero attached hydrogens (tertiary/aromatic N) is 3. The van der Waals surface area contributed by atoms with Crippen LogP contribution in [-0.4, -0.2) is 42.1 Å². The fourth-order valence-electron chi connectivity index (χ4n) is 3.52. The second-order valence-electron chi connectivity index (χ2n) is 6.17. The molecule has 1 fully saturated rings. The van der Waals surface area contributed by atoms with Crippen molar-refractivity contribution >= 4 is 24.0 Å². The van der Waals surface area contributed by atoms with E-state index in [-0.39, 0.29) is 11.9 Å². The minimum absolute atomic E-state index is 0.0546. The fourth-order valence-corrected chi connectivity index (χ4v) is 3.52. The Hall–Kier alpha value is -2.11. The van der Waals surface area contributed by atoms with Gasteiger partial charge in [0.1, 0.15) is 17.9 Å². The first kappa shape index (κ1) is 13.5. The van der Waals surface area contributed by atoms with Crippen LogP contribution < -0.4 is 5.32 Å². The standard InChI is InChI=1S/C16H20N4O2/c1-10-12(15(21)19-11-5-3-2-4-6-11)13-14-17-7-8-20(14)9-18-16(13)22-10/h9,11H,2-8H2,1H3,(H,19,21). The highest BCUT2D eigenvalue weighted by Crippen LogP contribution is 2.34. The first-order valence-electron chi connectivity index (χ1n) is 8.04. The molecule has 6 nitrogen and oxygen atoms in total. The molecule has 0 saturated heterocycles. The normalized spacial score (nSPS) is 20.6. The summed E-state index contributed by atoms with van der Waals surface area (Å²) < 4.78 is 5.69. The third kappa shape index (κ3) is 2.14. The van der Waals surface area contributed by atoms with Gasteiger partial charge in [-0.2, -0.15) is 0 Å². The van der Waals surface area contributed by atoms with E-state index in [0.717, 1.165) is 37.3 Å². The van der Waals surface area contributed by atoms with Crippen LogP contribution in [0.3, 0.4) is 0 Å². The lowest BCUT2D eigenvalue weighted by Crippen LogP contribution is -2.38. The molecule has 0 atom stereocenters. The summed E-state index contributed by atoms with van der Waals surface area (Å²) in [5, 5.41) is 3.17. The Bertz CT molecular complexity index is 668. The second kappa shape index (κ2) is 5.26. The number of fused-ring (bicyclic) bond motifs is 3. The number of amidine groups is 1. The van der Waals surface area contributed by atoms with E-state index in [9.17, 15) is 4.79 Å². The van der Waals surface area contributed by atoms with Gasteiger partial charge >= 0.3 is 0 Å². The largest absolute Gasteiger partial charge is 0.442 e. The Labute approximate surface area is 129 Å². The summed E-state index contributed by atoms with van der Waals surface area (Å²) in [6.07, 6.45) is 7.52. The molecule has 0 spiro atoms. The molecule has 1 N–H and O–H groups in total. The second-order valence-corrected chi connectivity index (χ2v) is 6.17. The molecule has 3 aliphatic rings. The van der Waals surface area contributed by atoms with Gasteiger partial charge in [0, 0.05) is 12.6 Å². The van der Waals surface area contributed by atoms with E-state index in [1.54, 1.807) is 6.34 Å². The molecule has 0 unspecified atom stereocenters. The molecule has 0 bridgehead atoms. The molecule has 0 radical (unpaired) electrons. The number of rotatable bonds is 2. The maximum Gasteiger partial charge on any atom is 0.255 e. The van der Waals surface area contributed by atoms with E-state index in [2.05, 4.69) is 15.3 Å². The molecular weight excluding hydrogens is 280 g/mol. The lowest BCUT2D eigenvalue weighted by Gasteiger charge is -2.23. The maximum atomic E-state index is 12.8. The third-order valence-corrected chi connectivity index (χ3v) is 4.65. The van der Waals surface area contributed by atoms with Gasteiger partial charge < -0.3 is 14.6 Å². The van der Waals surface area contributed by atoms with E-state index in [1.807, 2.05) is 11.8 Å². The van der Waals surface area contributed by atoms with Gasteiger partial charge in [-0.15, -0.1) is 0 Å². The van der Waals surface area contributed by atoms with Crippen LogP contribution >= 0.6 is 0 Å². The molecule has 0 aromatic carbocycles. The van der Waals surface area contributed by atoms with Gasteiger partial charge in [-0.05, 0) is 19.8 Å². The van der Waals surface area contributed by atoms with Gasteiger partial charge in [0.2, 0.25) is 5.88 Å². The zero-order chi connectivity index (χ0) is 15.1. The zero-order valence-electron chi connectivity index (χ0n) is 12.8. The number of nitrogens with one attached hydrogen (secondary N) is 1. The number of aryl methyl sites for hydroxylation is 1. The summed E-state index contributed by atoms with van der Waals surface area (Å²) >= 11 is 0. The highest BCUT2D eigenvalue weighted by Gasteiger charge is 2.34. The first-order valence-corrected chi connectivity index (χ1v) is 8.04. The molecule has 3 heterocycles. The molecule has 2 aliphatic heterocycles. The van der Waals surface area contributed by atoms with Crippen LogP contribution in [0.15, 0.2) is 14.4 Å². The summed E-state index contributed by atoms with van der Waals surface area (Å²) in [5.74, 6) is 1.88. The SMILES string of the molecule is Cc1oc2c(c1C(=O)NC1CCCCC1)C1=NCCN1C=N2. The van der Waals surface area contributed by atoms with Crippen molar-refractivity contribution in [3.05, 3.63) is 16.9 Å². The average Bonchev–Trinajstić information content (AvgIpc) is 3.10. The molecule has 4 rings (SSSR count). The molecule has 6 heteroatoms. The van der Waals surface area contributed by atoms with Gasteiger partial charge in [0.25, 0.3) is 5.91 Å². The Morgan fingerprint density at radius 2 is 2.18 bits per heavy atom. The van der Waals surface area contributed by atoms with Crippen molar-refractivity contribution in [1.29, 1.82) is 0 Å². The van der Waals surface area contributed by atoms with E-state index in [4.69, 9.17) is 4.42 Å². The number of furan rings is 1. The zero-order valence-corrected chi connectivity index (χ0v) is 12.8. The number of aliphatic imine (C=N–C) groups is 2. The van der Waals surface area contributed by atoms with Crippen molar-refractivity contribution in [2.24, 2.45) is 9.98 Å². The summed E-state index contributed by atoms with van der Waals surface area (Å²) in [7, 11) is 0. The van der Waals surface area contributed by atoms with Crippen molar-refractivity contribution in [3.8, 4) is 0 Å². The highest BCUT2D eigenvalue weighted by molar-refractivity contribution is 6.17. The van der Waals surface area contributed by atoms with Crippen molar-refractivity contribution in [3.63, 3.8) is 0 Å². The van der Waals surface area contributed by atoms with E-state index < -0.39 is 0 Å². The molecule has 22 heavy (non-hydrogen) atoms. The summed E-state index contributed by atoms with van der Waals surface area (Å²) in [4.78, 5) is 23.6. The van der Waals surface area contributed by atoms with Gasteiger partial charge in [0.15, 0.2) is 0 Å². The topological polar surface area (TPSA) is 70.2 Å².